The van der Waals surface area contributed by atoms with Crippen molar-refractivity contribution >= 4 is 11.6 Å². The highest BCUT2D eigenvalue weighted by Gasteiger charge is 2.17. The zero-order valence-corrected chi connectivity index (χ0v) is 10.5. The highest BCUT2D eigenvalue weighted by atomic mass is 16.5. The summed E-state index contributed by atoms with van der Waals surface area (Å²) in [5.74, 6) is 0.0325. The Bertz CT molecular complexity index is 401. The number of benzene rings is 1. The van der Waals surface area contributed by atoms with E-state index in [1.54, 1.807) is 0 Å². The van der Waals surface area contributed by atoms with E-state index in [0.29, 0.717) is 18.7 Å². The van der Waals surface area contributed by atoms with Gasteiger partial charge in [0.2, 0.25) is 5.91 Å². The van der Waals surface area contributed by atoms with Gasteiger partial charge in [0.05, 0.1) is 12.5 Å². The predicted molar refractivity (Wildman–Crippen MR) is 70.9 cm³/mol. The lowest BCUT2D eigenvalue weighted by atomic mass is 10.1. The first-order valence-electron chi connectivity index (χ1n) is 6.47. The van der Waals surface area contributed by atoms with Crippen LogP contribution in [0.25, 0.3) is 0 Å². The van der Waals surface area contributed by atoms with Crippen LogP contribution in [-0.4, -0.2) is 18.6 Å². The van der Waals surface area contributed by atoms with E-state index in [-0.39, 0.29) is 12.0 Å². The van der Waals surface area contributed by atoms with Crippen molar-refractivity contribution in [1.82, 2.24) is 5.32 Å². The first kappa shape index (κ1) is 12.9. The molecule has 1 aromatic carbocycles. The zero-order chi connectivity index (χ0) is 12.8. The highest BCUT2D eigenvalue weighted by molar-refractivity contribution is 5.76. The minimum absolute atomic E-state index is 0.0325. The summed E-state index contributed by atoms with van der Waals surface area (Å²) in [6.45, 7) is 1.27. The molecule has 98 valence electrons. The Labute approximate surface area is 108 Å². The fourth-order valence-electron chi connectivity index (χ4n) is 2.14. The van der Waals surface area contributed by atoms with Crippen LogP contribution in [0.5, 0.6) is 0 Å². The van der Waals surface area contributed by atoms with Gasteiger partial charge in [-0.1, -0.05) is 18.2 Å². The van der Waals surface area contributed by atoms with E-state index in [9.17, 15) is 4.79 Å². The third-order valence-corrected chi connectivity index (χ3v) is 3.22. The molecule has 1 aliphatic rings. The fourth-order valence-corrected chi connectivity index (χ4v) is 2.14. The molecule has 1 unspecified atom stereocenters. The van der Waals surface area contributed by atoms with E-state index >= 15 is 0 Å². The Hall–Kier alpha value is -1.55. The average Bonchev–Trinajstić information content (AvgIpc) is 2.39. The number of amides is 1. The standard InChI is InChI=1S/C14H20N2O2/c15-13-7-2-1-5-11(13)10-16-14(17)9-12-6-3-4-8-18-12/h1-2,5,7,12H,3-4,6,8-10,15H2,(H,16,17). The van der Waals surface area contributed by atoms with E-state index in [0.717, 1.165) is 31.4 Å². The molecule has 18 heavy (non-hydrogen) atoms. The van der Waals surface area contributed by atoms with Crippen LogP contribution in [0.4, 0.5) is 5.69 Å². The number of carbonyl (C=O) groups is 1. The number of hydrogen-bond donors (Lipinski definition) is 2. The SMILES string of the molecule is Nc1ccccc1CNC(=O)CC1CCCCO1. The monoisotopic (exact) mass is 248 g/mol. The van der Waals surface area contributed by atoms with Gasteiger partial charge in [-0.2, -0.15) is 0 Å². The number of nitrogens with two attached hydrogens (primary N) is 1. The molecule has 1 amide bonds. The maximum Gasteiger partial charge on any atom is 0.222 e. The summed E-state index contributed by atoms with van der Waals surface area (Å²) in [6, 6.07) is 7.57. The topological polar surface area (TPSA) is 64.3 Å². The van der Waals surface area contributed by atoms with Crippen molar-refractivity contribution in [2.24, 2.45) is 0 Å². The molecule has 1 heterocycles. The van der Waals surface area contributed by atoms with Gasteiger partial charge in [-0.05, 0) is 30.9 Å². The largest absolute Gasteiger partial charge is 0.398 e. The van der Waals surface area contributed by atoms with Crippen LogP contribution < -0.4 is 11.1 Å². The molecule has 0 spiro atoms. The van der Waals surface area contributed by atoms with Crippen LogP contribution in [0.15, 0.2) is 24.3 Å². The number of nitrogens with one attached hydrogen (secondary N) is 1. The molecule has 0 saturated carbocycles. The Morgan fingerprint density at radius 3 is 2.94 bits per heavy atom. The zero-order valence-electron chi connectivity index (χ0n) is 10.5. The van der Waals surface area contributed by atoms with Gasteiger partial charge >= 0.3 is 0 Å². The van der Waals surface area contributed by atoms with Crippen LogP contribution in [0, 0.1) is 0 Å². The summed E-state index contributed by atoms with van der Waals surface area (Å²) in [4.78, 5) is 11.8. The third kappa shape index (κ3) is 3.74. The second kappa shape index (κ2) is 6.40. The normalized spacial score (nSPS) is 19.4. The van der Waals surface area contributed by atoms with Crippen LogP contribution in [0.3, 0.4) is 0 Å². The molecule has 0 aliphatic carbocycles. The number of anilines is 1. The lowest BCUT2D eigenvalue weighted by Gasteiger charge is -2.22. The minimum atomic E-state index is 0.0325. The smallest absolute Gasteiger partial charge is 0.222 e. The van der Waals surface area contributed by atoms with E-state index < -0.39 is 0 Å². The molecule has 1 saturated heterocycles. The van der Waals surface area contributed by atoms with E-state index in [1.807, 2.05) is 24.3 Å². The fraction of sp³-hybridized carbons (Fsp3) is 0.500. The molecule has 2 rings (SSSR count). The molecule has 0 radical (unpaired) electrons. The minimum Gasteiger partial charge on any atom is -0.398 e. The maximum absolute atomic E-state index is 11.8. The number of carbonyl (C=O) groups excluding carboxylic acids is 1. The van der Waals surface area contributed by atoms with E-state index in [1.165, 1.54) is 0 Å². The second-order valence-corrected chi connectivity index (χ2v) is 4.67. The Balaban J connectivity index is 1.76. The molecule has 3 N–H and O–H groups in total. The Morgan fingerprint density at radius 2 is 2.22 bits per heavy atom. The van der Waals surface area contributed by atoms with Crippen LogP contribution >= 0.6 is 0 Å². The maximum atomic E-state index is 11.8. The molecule has 4 heteroatoms. The van der Waals surface area contributed by atoms with Gasteiger partial charge in [0.1, 0.15) is 0 Å². The van der Waals surface area contributed by atoms with Gasteiger partial charge in [-0.15, -0.1) is 0 Å². The van der Waals surface area contributed by atoms with Crippen LogP contribution in [-0.2, 0) is 16.1 Å². The molecule has 1 atom stereocenters. The highest BCUT2D eigenvalue weighted by Crippen LogP contribution is 2.15. The lowest BCUT2D eigenvalue weighted by Crippen LogP contribution is -2.30. The summed E-state index contributed by atoms with van der Waals surface area (Å²) in [5, 5.41) is 2.89. The van der Waals surface area contributed by atoms with E-state index in [4.69, 9.17) is 10.5 Å². The molecule has 0 aromatic heterocycles. The summed E-state index contributed by atoms with van der Waals surface area (Å²) >= 11 is 0. The number of ether oxygens (including phenoxy) is 1. The summed E-state index contributed by atoms with van der Waals surface area (Å²) in [6.07, 6.45) is 3.79. The third-order valence-electron chi connectivity index (χ3n) is 3.22. The molecular weight excluding hydrogens is 228 g/mol. The number of rotatable bonds is 4. The predicted octanol–water partition coefficient (Wildman–Crippen LogP) is 1.84. The summed E-state index contributed by atoms with van der Waals surface area (Å²) in [7, 11) is 0. The molecule has 4 nitrogen and oxygen atoms in total. The first-order valence-corrected chi connectivity index (χ1v) is 6.47. The Kier molecular flexibility index (Phi) is 4.59. The van der Waals surface area contributed by atoms with Crippen molar-refractivity contribution in [2.75, 3.05) is 12.3 Å². The molecule has 1 aliphatic heterocycles. The number of para-hydroxylation sites is 1. The van der Waals surface area contributed by atoms with Crippen LogP contribution in [0.1, 0.15) is 31.2 Å². The lowest BCUT2D eigenvalue weighted by molar-refractivity contribution is -0.125. The Morgan fingerprint density at radius 1 is 1.39 bits per heavy atom. The molecule has 1 fully saturated rings. The van der Waals surface area contributed by atoms with Crippen molar-refractivity contribution in [3.05, 3.63) is 29.8 Å². The van der Waals surface area contributed by atoms with Gasteiger partial charge in [0, 0.05) is 18.8 Å². The van der Waals surface area contributed by atoms with Crippen molar-refractivity contribution in [3.63, 3.8) is 0 Å². The second-order valence-electron chi connectivity index (χ2n) is 4.67. The van der Waals surface area contributed by atoms with Gasteiger partial charge in [0.15, 0.2) is 0 Å². The van der Waals surface area contributed by atoms with Crippen molar-refractivity contribution in [3.8, 4) is 0 Å². The van der Waals surface area contributed by atoms with Gasteiger partial charge in [-0.25, -0.2) is 0 Å². The molecule has 1 aromatic rings. The van der Waals surface area contributed by atoms with Gasteiger partial charge in [0.25, 0.3) is 0 Å². The summed E-state index contributed by atoms with van der Waals surface area (Å²) < 4.78 is 5.54. The van der Waals surface area contributed by atoms with Gasteiger partial charge < -0.3 is 15.8 Å². The van der Waals surface area contributed by atoms with Crippen molar-refractivity contribution in [2.45, 2.75) is 38.3 Å². The average molecular weight is 248 g/mol. The van der Waals surface area contributed by atoms with Crippen molar-refractivity contribution in [1.29, 1.82) is 0 Å². The van der Waals surface area contributed by atoms with Crippen molar-refractivity contribution < 1.29 is 9.53 Å². The van der Waals surface area contributed by atoms with Gasteiger partial charge in [-0.3, -0.25) is 4.79 Å². The van der Waals surface area contributed by atoms with Crippen LogP contribution in [0.2, 0.25) is 0 Å². The molecular formula is C14H20N2O2. The summed E-state index contributed by atoms with van der Waals surface area (Å²) in [5.41, 5.74) is 7.48. The van der Waals surface area contributed by atoms with E-state index in [2.05, 4.69) is 5.32 Å². The molecule has 0 bridgehead atoms. The number of nitrogen functional groups attached to an aromatic ring is 1. The number of hydrogen-bond acceptors (Lipinski definition) is 3. The first-order chi connectivity index (χ1) is 8.75. The quantitative estimate of drug-likeness (QED) is 0.799.